The van der Waals surface area contributed by atoms with Crippen molar-refractivity contribution in [2.45, 2.75) is 6.92 Å². The molecule has 1 nitrogen and oxygen atoms in total. The second kappa shape index (κ2) is 3.85. The van der Waals surface area contributed by atoms with Gasteiger partial charge in [-0.15, -0.1) is 0 Å². The third kappa shape index (κ3) is 2.05. The summed E-state index contributed by atoms with van der Waals surface area (Å²) in [6, 6.07) is 3.16. The highest BCUT2D eigenvalue weighted by Crippen LogP contribution is 2.17. The van der Waals surface area contributed by atoms with Gasteiger partial charge in [0.1, 0.15) is 5.82 Å². The van der Waals surface area contributed by atoms with Gasteiger partial charge in [-0.3, -0.25) is 0 Å². The molecule has 0 aliphatic rings. The van der Waals surface area contributed by atoms with Gasteiger partial charge in [-0.05, 0) is 19.1 Å². The second-order valence-electron chi connectivity index (χ2n) is 2.16. The molecule has 0 aromatic heterocycles. The molecule has 0 spiro atoms. The Bertz CT molecular complexity index is 295. The van der Waals surface area contributed by atoms with Crippen molar-refractivity contribution in [1.29, 1.82) is 0 Å². The Hall–Kier alpha value is -1.38. The number of halogens is 2. The molecule has 1 aromatic rings. The SMILES string of the molecule is C/C=C\Oc1ccc(F)cc1F. The van der Waals surface area contributed by atoms with Crippen molar-refractivity contribution in [3.05, 3.63) is 42.2 Å². The number of hydrogen-bond donors (Lipinski definition) is 0. The van der Waals surface area contributed by atoms with Crippen LogP contribution in [0, 0.1) is 11.6 Å². The minimum absolute atomic E-state index is 0.0227. The lowest BCUT2D eigenvalue weighted by Crippen LogP contribution is -1.87. The molecule has 0 saturated carbocycles. The van der Waals surface area contributed by atoms with Gasteiger partial charge in [-0.25, -0.2) is 8.78 Å². The number of allylic oxidation sites excluding steroid dienone is 1. The average molecular weight is 170 g/mol. The highest BCUT2D eigenvalue weighted by atomic mass is 19.1. The van der Waals surface area contributed by atoms with Crippen LogP contribution in [0.4, 0.5) is 8.78 Å². The fraction of sp³-hybridized carbons (Fsp3) is 0.111. The van der Waals surface area contributed by atoms with Gasteiger partial charge < -0.3 is 4.74 Å². The minimum Gasteiger partial charge on any atom is -0.462 e. The van der Waals surface area contributed by atoms with E-state index in [1.807, 2.05) is 0 Å². The molecule has 3 heteroatoms. The average Bonchev–Trinajstić information content (AvgIpc) is 2.03. The van der Waals surface area contributed by atoms with Gasteiger partial charge in [0.15, 0.2) is 11.6 Å². The molecule has 0 unspecified atom stereocenters. The zero-order valence-corrected chi connectivity index (χ0v) is 6.55. The van der Waals surface area contributed by atoms with E-state index in [1.54, 1.807) is 13.0 Å². The van der Waals surface area contributed by atoms with Crippen molar-refractivity contribution in [1.82, 2.24) is 0 Å². The van der Waals surface area contributed by atoms with Crippen LogP contribution in [0.5, 0.6) is 5.75 Å². The van der Waals surface area contributed by atoms with Crippen LogP contribution in [0.2, 0.25) is 0 Å². The third-order valence-electron chi connectivity index (χ3n) is 1.23. The van der Waals surface area contributed by atoms with Gasteiger partial charge in [-0.2, -0.15) is 0 Å². The Morgan fingerprint density at radius 2 is 2.08 bits per heavy atom. The Morgan fingerprint density at radius 3 is 2.67 bits per heavy atom. The summed E-state index contributed by atoms with van der Waals surface area (Å²) >= 11 is 0. The summed E-state index contributed by atoms with van der Waals surface area (Å²) in [6.07, 6.45) is 2.94. The van der Waals surface area contributed by atoms with Gasteiger partial charge in [-0.1, -0.05) is 6.08 Å². The molecular formula is C9H8F2O. The zero-order chi connectivity index (χ0) is 8.97. The summed E-state index contributed by atoms with van der Waals surface area (Å²) in [5.74, 6) is -1.29. The summed E-state index contributed by atoms with van der Waals surface area (Å²) in [6.45, 7) is 1.74. The molecule has 0 radical (unpaired) electrons. The third-order valence-corrected chi connectivity index (χ3v) is 1.23. The Kier molecular flexibility index (Phi) is 2.80. The molecule has 0 atom stereocenters. The fourth-order valence-electron chi connectivity index (χ4n) is 0.712. The van der Waals surface area contributed by atoms with Crippen LogP contribution in [0.15, 0.2) is 30.5 Å². The van der Waals surface area contributed by atoms with Crippen LogP contribution in [0.25, 0.3) is 0 Å². The topological polar surface area (TPSA) is 9.23 Å². The van der Waals surface area contributed by atoms with Crippen LogP contribution in [-0.4, -0.2) is 0 Å². The molecule has 12 heavy (non-hydrogen) atoms. The van der Waals surface area contributed by atoms with Crippen molar-refractivity contribution in [2.75, 3.05) is 0 Å². The van der Waals surface area contributed by atoms with Gasteiger partial charge in [0.2, 0.25) is 0 Å². The quantitative estimate of drug-likeness (QED) is 0.620. The van der Waals surface area contributed by atoms with Crippen molar-refractivity contribution in [3.8, 4) is 5.75 Å². The van der Waals surface area contributed by atoms with E-state index in [4.69, 9.17) is 4.74 Å². The van der Waals surface area contributed by atoms with Crippen LogP contribution < -0.4 is 4.74 Å². The highest BCUT2D eigenvalue weighted by molar-refractivity contribution is 5.25. The van der Waals surface area contributed by atoms with E-state index in [9.17, 15) is 8.78 Å². The minimum atomic E-state index is -0.701. The summed E-state index contributed by atoms with van der Waals surface area (Å²) in [7, 11) is 0. The molecule has 0 heterocycles. The summed E-state index contributed by atoms with van der Waals surface area (Å²) in [5.41, 5.74) is 0. The molecule has 0 N–H and O–H groups in total. The van der Waals surface area contributed by atoms with E-state index in [2.05, 4.69) is 0 Å². The zero-order valence-electron chi connectivity index (χ0n) is 6.55. The maximum absolute atomic E-state index is 12.8. The molecule has 64 valence electrons. The molecule has 0 saturated heterocycles. The first-order chi connectivity index (χ1) is 5.74. The van der Waals surface area contributed by atoms with E-state index < -0.39 is 11.6 Å². The molecule has 0 aliphatic heterocycles. The summed E-state index contributed by atoms with van der Waals surface area (Å²) in [5, 5.41) is 0. The number of benzene rings is 1. The van der Waals surface area contributed by atoms with E-state index in [-0.39, 0.29) is 5.75 Å². The molecule has 1 rings (SSSR count). The maximum Gasteiger partial charge on any atom is 0.168 e. The van der Waals surface area contributed by atoms with Gasteiger partial charge in [0.25, 0.3) is 0 Å². The monoisotopic (exact) mass is 170 g/mol. The second-order valence-corrected chi connectivity index (χ2v) is 2.16. The normalized spacial score (nSPS) is 10.6. The fourth-order valence-corrected chi connectivity index (χ4v) is 0.712. The van der Waals surface area contributed by atoms with Crippen molar-refractivity contribution in [2.24, 2.45) is 0 Å². The molecule has 0 aliphatic carbocycles. The lowest BCUT2D eigenvalue weighted by atomic mass is 10.3. The summed E-state index contributed by atoms with van der Waals surface area (Å²) < 4.78 is 29.9. The standard InChI is InChI=1S/C9H8F2O/c1-2-5-12-9-4-3-7(10)6-8(9)11/h2-6H,1H3/b5-2-. The number of ether oxygens (including phenoxy) is 1. The van der Waals surface area contributed by atoms with Crippen molar-refractivity contribution < 1.29 is 13.5 Å². The lowest BCUT2D eigenvalue weighted by molar-refractivity contribution is 0.435. The smallest absolute Gasteiger partial charge is 0.168 e. The van der Waals surface area contributed by atoms with E-state index in [1.165, 1.54) is 12.3 Å². The molecule has 0 fully saturated rings. The number of rotatable bonds is 2. The molecule has 1 aromatic carbocycles. The molecule has 0 amide bonds. The maximum atomic E-state index is 12.8. The predicted molar refractivity (Wildman–Crippen MR) is 41.8 cm³/mol. The van der Waals surface area contributed by atoms with Gasteiger partial charge >= 0.3 is 0 Å². The van der Waals surface area contributed by atoms with Crippen LogP contribution in [0.3, 0.4) is 0 Å². The summed E-state index contributed by atoms with van der Waals surface area (Å²) in [4.78, 5) is 0. The molecular weight excluding hydrogens is 162 g/mol. The Balaban J connectivity index is 2.86. The van der Waals surface area contributed by atoms with Crippen LogP contribution in [-0.2, 0) is 0 Å². The van der Waals surface area contributed by atoms with Crippen molar-refractivity contribution in [3.63, 3.8) is 0 Å². The first kappa shape index (κ1) is 8.71. The number of hydrogen-bond acceptors (Lipinski definition) is 1. The Morgan fingerprint density at radius 1 is 1.33 bits per heavy atom. The van der Waals surface area contributed by atoms with E-state index >= 15 is 0 Å². The van der Waals surface area contributed by atoms with Gasteiger partial charge in [0, 0.05) is 6.07 Å². The van der Waals surface area contributed by atoms with Crippen molar-refractivity contribution >= 4 is 0 Å². The Labute approximate surface area is 69.3 Å². The lowest BCUT2D eigenvalue weighted by Gasteiger charge is -2.00. The molecule has 0 bridgehead atoms. The predicted octanol–water partition coefficient (Wildman–Crippen LogP) is 2.88. The van der Waals surface area contributed by atoms with Crippen LogP contribution in [0.1, 0.15) is 6.92 Å². The van der Waals surface area contributed by atoms with Crippen LogP contribution >= 0.6 is 0 Å². The van der Waals surface area contributed by atoms with E-state index in [0.717, 1.165) is 12.1 Å². The first-order valence-electron chi connectivity index (χ1n) is 3.47. The largest absolute Gasteiger partial charge is 0.462 e. The van der Waals surface area contributed by atoms with E-state index in [0.29, 0.717) is 0 Å². The highest BCUT2D eigenvalue weighted by Gasteiger charge is 2.02. The van der Waals surface area contributed by atoms with Gasteiger partial charge in [0.05, 0.1) is 6.26 Å². The first-order valence-corrected chi connectivity index (χ1v) is 3.47.